The lowest BCUT2D eigenvalue weighted by Crippen LogP contribution is -2.46. The Morgan fingerprint density at radius 2 is 1.79 bits per heavy atom. The quantitative estimate of drug-likeness (QED) is 0.729. The predicted octanol–water partition coefficient (Wildman–Crippen LogP) is 2.45. The molecule has 2 atom stereocenters. The normalized spacial score (nSPS) is 23.4. The second kappa shape index (κ2) is 4.68. The summed E-state index contributed by atoms with van der Waals surface area (Å²) in [6.45, 7) is 7.56. The zero-order valence-corrected chi connectivity index (χ0v) is 11.7. The van der Waals surface area contributed by atoms with Crippen LogP contribution in [0.5, 0.6) is 0 Å². The third kappa shape index (κ3) is 2.48. The molecule has 102 valence electrons. The summed E-state index contributed by atoms with van der Waals surface area (Å²) < 4.78 is 5.36. The van der Waals surface area contributed by atoms with Gasteiger partial charge in [-0.3, -0.25) is 9.69 Å². The van der Waals surface area contributed by atoms with Crippen LogP contribution in [0.4, 0.5) is 0 Å². The minimum absolute atomic E-state index is 0.168. The largest absolute Gasteiger partial charge is 0.439 e. The minimum Gasteiger partial charge on any atom is -0.439 e. The summed E-state index contributed by atoms with van der Waals surface area (Å²) in [5.74, 6) is -0.511. The summed E-state index contributed by atoms with van der Waals surface area (Å²) >= 11 is 0. The first-order chi connectivity index (χ1) is 8.82. The van der Waals surface area contributed by atoms with Crippen LogP contribution in [0.25, 0.3) is 0 Å². The molecule has 0 saturated carbocycles. The Morgan fingerprint density at radius 3 is 2.32 bits per heavy atom. The zero-order valence-electron chi connectivity index (χ0n) is 11.7. The maximum atomic E-state index is 12.6. The lowest BCUT2D eigenvalue weighted by Gasteiger charge is -2.33. The second-order valence-corrected chi connectivity index (χ2v) is 5.91. The predicted molar refractivity (Wildman–Crippen MR) is 71.4 cm³/mol. The maximum absolute atomic E-state index is 12.6. The van der Waals surface area contributed by atoms with Crippen LogP contribution in [-0.2, 0) is 9.53 Å². The molecule has 1 aliphatic heterocycles. The molecule has 4 heteroatoms. The number of benzene rings is 1. The minimum atomic E-state index is -0.545. The lowest BCUT2D eigenvalue weighted by molar-refractivity contribution is -0.147. The Kier molecular flexibility index (Phi) is 3.35. The molecule has 1 heterocycles. The summed E-state index contributed by atoms with van der Waals surface area (Å²) in [6, 6.07) is 8.42. The van der Waals surface area contributed by atoms with E-state index in [9.17, 15) is 9.59 Å². The number of rotatable bonds is 1. The van der Waals surface area contributed by atoms with Crippen molar-refractivity contribution in [2.45, 2.75) is 40.0 Å². The molecule has 19 heavy (non-hydrogen) atoms. The van der Waals surface area contributed by atoms with Crippen LogP contribution in [0.2, 0.25) is 0 Å². The monoisotopic (exact) mass is 261 g/mol. The summed E-state index contributed by atoms with van der Waals surface area (Å²) in [5.41, 5.74) is 0.257. The van der Waals surface area contributed by atoms with Crippen LogP contribution in [0.1, 0.15) is 38.1 Å². The molecule has 1 aliphatic rings. The Labute approximate surface area is 113 Å². The van der Waals surface area contributed by atoms with Gasteiger partial charge in [-0.05, 0) is 19.1 Å². The van der Waals surface area contributed by atoms with Gasteiger partial charge in [0.1, 0.15) is 6.04 Å². The highest BCUT2D eigenvalue weighted by molar-refractivity contribution is 5.98. The van der Waals surface area contributed by atoms with Crippen LogP contribution in [0.15, 0.2) is 30.3 Å². The van der Waals surface area contributed by atoms with E-state index in [1.165, 1.54) is 4.90 Å². The number of esters is 1. The van der Waals surface area contributed by atoms with Gasteiger partial charge < -0.3 is 4.74 Å². The van der Waals surface area contributed by atoms with E-state index in [-0.39, 0.29) is 17.3 Å². The van der Waals surface area contributed by atoms with E-state index in [4.69, 9.17) is 4.74 Å². The summed E-state index contributed by atoms with van der Waals surface area (Å²) in [6.07, 6.45) is -0.525. The van der Waals surface area contributed by atoms with Gasteiger partial charge in [0.25, 0.3) is 5.91 Å². The van der Waals surface area contributed by atoms with Crippen LogP contribution < -0.4 is 0 Å². The number of carbonyl (C=O) groups is 2. The number of nitrogens with zero attached hydrogens (tertiary/aromatic N) is 1. The lowest BCUT2D eigenvalue weighted by atomic mass is 9.93. The first kappa shape index (κ1) is 13.6. The molecule has 0 spiro atoms. The average molecular weight is 261 g/mol. The average Bonchev–Trinajstić information content (AvgIpc) is 2.66. The number of hydrogen-bond acceptors (Lipinski definition) is 3. The van der Waals surface area contributed by atoms with Crippen molar-refractivity contribution in [3.8, 4) is 0 Å². The highest BCUT2D eigenvalue weighted by Gasteiger charge is 2.47. The van der Waals surface area contributed by atoms with Crippen LogP contribution in [-0.4, -0.2) is 29.0 Å². The molecule has 0 aromatic heterocycles. The van der Waals surface area contributed by atoms with Crippen molar-refractivity contribution < 1.29 is 14.3 Å². The van der Waals surface area contributed by atoms with Gasteiger partial charge >= 0.3 is 5.97 Å². The van der Waals surface area contributed by atoms with E-state index < -0.39 is 12.3 Å². The summed E-state index contributed by atoms with van der Waals surface area (Å²) in [7, 11) is 0. The topological polar surface area (TPSA) is 46.6 Å². The molecule has 0 N–H and O–H groups in total. The summed E-state index contributed by atoms with van der Waals surface area (Å²) in [5, 5.41) is 0. The number of amides is 1. The van der Waals surface area contributed by atoms with Crippen LogP contribution in [0.3, 0.4) is 0 Å². The van der Waals surface area contributed by atoms with Crippen molar-refractivity contribution >= 4 is 11.9 Å². The fourth-order valence-corrected chi connectivity index (χ4v) is 2.19. The fourth-order valence-electron chi connectivity index (χ4n) is 2.19. The maximum Gasteiger partial charge on any atom is 0.330 e. The SMILES string of the molecule is C[C@@H]1C(=O)O[C@H](C(C)(C)C)N1C(=O)c1ccccc1. The third-order valence-corrected chi connectivity index (χ3v) is 3.23. The molecular weight excluding hydrogens is 242 g/mol. The van der Waals surface area contributed by atoms with Crippen LogP contribution in [0, 0.1) is 5.41 Å². The standard InChI is InChI=1S/C15H19NO3/c1-10-13(18)19-14(15(2,3)4)16(10)12(17)11-8-6-5-7-9-11/h5-10,14H,1-4H3/t10-,14-/m1/s1. The van der Waals surface area contributed by atoms with E-state index in [0.29, 0.717) is 5.56 Å². The van der Waals surface area contributed by atoms with Crippen molar-refractivity contribution in [2.24, 2.45) is 5.41 Å². The molecule has 1 fully saturated rings. The molecule has 1 saturated heterocycles. The molecule has 2 rings (SSSR count). The molecular formula is C15H19NO3. The Morgan fingerprint density at radius 1 is 1.21 bits per heavy atom. The molecule has 0 unspecified atom stereocenters. The van der Waals surface area contributed by atoms with E-state index >= 15 is 0 Å². The van der Waals surface area contributed by atoms with Crippen LogP contribution >= 0.6 is 0 Å². The molecule has 1 aromatic rings. The van der Waals surface area contributed by atoms with Gasteiger partial charge in [0.15, 0.2) is 6.23 Å². The second-order valence-electron chi connectivity index (χ2n) is 5.91. The molecule has 1 amide bonds. The van der Waals surface area contributed by atoms with E-state index in [1.807, 2.05) is 39.0 Å². The molecule has 0 bridgehead atoms. The molecule has 1 aromatic carbocycles. The number of carbonyl (C=O) groups excluding carboxylic acids is 2. The third-order valence-electron chi connectivity index (χ3n) is 3.23. The van der Waals surface area contributed by atoms with Gasteiger partial charge in [0.2, 0.25) is 0 Å². The van der Waals surface area contributed by atoms with Crippen molar-refractivity contribution in [2.75, 3.05) is 0 Å². The van der Waals surface area contributed by atoms with Gasteiger partial charge in [-0.25, -0.2) is 4.79 Å². The highest BCUT2D eigenvalue weighted by Crippen LogP contribution is 2.33. The van der Waals surface area contributed by atoms with Crippen molar-refractivity contribution in [1.29, 1.82) is 0 Å². The molecule has 4 nitrogen and oxygen atoms in total. The first-order valence-electron chi connectivity index (χ1n) is 6.40. The van der Waals surface area contributed by atoms with Gasteiger partial charge in [-0.1, -0.05) is 39.0 Å². The number of ether oxygens (including phenoxy) is 1. The highest BCUT2D eigenvalue weighted by atomic mass is 16.6. The smallest absolute Gasteiger partial charge is 0.330 e. The Balaban J connectivity index is 2.35. The number of cyclic esters (lactones) is 1. The Hall–Kier alpha value is -1.84. The molecule has 0 aliphatic carbocycles. The number of hydrogen-bond donors (Lipinski definition) is 0. The van der Waals surface area contributed by atoms with E-state index in [2.05, 4.69) is 0 Å². The van der Waals surface area contributed by atoms with Gasteiger partial charge in [-0.15, -0.1) is 0 Å². The van der Waals surface area contributed by atoms with Gasteiger partial charge in [0, 0.05) is 11.0 Å². The molecule has 0 radical (unpaired) electrons. The van der Waals surface area contributed by atoms with E-state index in [1.54, 1.807) is 19.1 Å². The zero-order chi connectivity index (χ0) is 14.2. The van der Waals surface area contributed by atoms with Crippen molar-refractivity contribution in [3.05, 3.63) is 35.9 Å². The fraction of sp³-hybridized carbons (Fsp3) is 0.467. The Bertz CT molecular complexity index is 490. The van der Waals surface area contributed by atoms with E-state index in [0.717, 1.165) is 0 Å². The summed E-state index contributed by atoms with van der Waals surface area (Å²) in [4.78, 5) is 25.9. The van der Waals surface area contributed by atoms with Crippen molar-refractivity contribution in [1.82, 2.24) is 4.90 Å². The first-order valence-corrected chi connectivity index (χ1v) is 6.40. The van der Waals surface area contributed by atoms with Gasteiger partial charge in [-0.2, -0.15) is 0 Å². The van der Waals surface area contributed by atoms with Gasteiger partial charge in [0.05, 0.1) is 0 Å². The van der Waals surface area contributed by atoms with Crippen molar-refractivity contribution in [3.63, 3.8) is 0 Å².